The maximum Gasteiger partial charge on any atom is 0.114 e. The van der Waals surface area contributed by atoms with Crippen molar-refractivity contribution in [2.75, 3.05) is 13.6 Å². The lowest BCUT2D eigenvalue weighted by molar-refractivity contribution is 0.594. The monoisotopic (exact) mass is 311 g/mol. The molecule has 2 aromatic heterocycles. The molecule has 1 aliphatic carbocycles. The van der Waals surface area contributed by atoms with Crippen molar-refractivity contribution in [2.45, 2.75) is 18.3 Å². The van der Waals surface area contributed by atoms with Crippen molar-refractivity contribution in [3.63, 3.8) is 0 Å². The van der Waals surface area contributed by atoms with Crippen molar-refractivity contribution < 1.29 is 0 Å². The number of H-pyrrole nitrogens is 1. The smallest absolute Gasteiger partial charge is 0.114 e. The Bertz CT molecular complexity index is 527. The number of hydrogen-bond acceptors (Lipinski definition) is 3. The summed E-state index contributed by atoms with van der Waals surface area (Å²) in [6.07, 6.45) is 4.41. The van der Waals surface area contributed by atoms with E-state index in [2.05, 4.69) is 42.7 Å². The summed E-state index contributed by atoms with van der Waals surface area (Å²) in [5.41, 5.74) is 1.39. The zero-order valence-corrected chi connectivity index (χ0v) is 12.0. The third kappa shape index (κ3) is 2.07. The molecule has 1 fully saturated rings. The molecule has 5 heteroatoms. The summed E-state index contributed by atoms with van der Waals surface area (Å²) in [4.78, 5) is 9.25. The van der Waals surface area contributed by atoms with E-state index < -0.39 is 0 Å². The number of aromatic nitrogens is 2. The summed E-state index contributed by atoms with van der Waals surface area (Å²) < 4.78 is 1.13. The van der Waals surface area contributed by atoms with E-state index >= 15 is 0 Å². The molecular weight excluding hydrogens is 298 g/mol. The Balaban J connectivity index is 1.88. The highest BCUT2D eigenvalue weighted by Gasteiger charge is 2.46. The van der Waals surface area contributed by atoms with Gasteiger partial charge in [-0.25, -0.2) is 4.98 Å². The largest absolute Gasteiger partial charge is 0.341 e. The summed E-state index contributed by atoms with van der Waals surface area (Å²) in [5, 5.41) is 5.35. The Morgan fingerprint density at radius 1 is 1.59 bits per heavy atom. The van der Waals surface area contributed by atoms with Crippen LogP contribution in [0.1, 0.15) is 18.7 Å². The topological polar surface area (TPSA) is 40.7 Å². The van der Waals surface area contributed by atoms with Crippen LogP contribution in [0.4, 0.5) is 0 Å². The summed E-state index contributed by atoms with van der Waals surface area (Å²) in [6, 6.07) is 2.12. The normalized spacial score (nSPS) is 17.3. The molecule has 0 atom stereocenters. The molecule has 0 radical (unpaired) electrons. The van der Waals surface area contributed by atoms with Gasteiger partial charge in [0, 0.05) is 21.8 Å². The fourth-order valence-electron chi connectivity index (χ4n) is 2.16. The summed E-state index contributed by atoms with van der Waals surface area (Å²) in [6.45, 7) is 1.01. The third-order valence-corrected chi connectivity index (χ3v) is 5.00. The van der Waals surface area contributed by atoms with Crippen LogP contribution in [-0.2, 0) is 5.41 Å². The minimum absolute atomic E-state index is 0.265. The molecule has 0 saturated heterocycles. The predicted octanol–water partition coefficient (Wildman–Crippen LogP) is 3.15. The van der Waals surface area contributed by atoms with E-state index in [-0.39, 0.29) is 5.41 Å². The number of thiophene rings is 1. The second-order valence-corrected chi connectivity index (χ2v) is 6.41. The van der Waals surface area contributed by atoms with E-state index in [0.717, 1.165) is 22.5 Å². The molecule has 0 spiro atoms. The fraction of sp³-hybridized carbons (Fsp3) is 0.417. The van der Waals surface area contributed by atoms with Gasteiger partial charge in [-0.15, -0.1) is 11.3 Å². The SMILES string of the molecule is CNCC1(c2ncc(-c3cc(Br)cs3)[nH]2)CC1. The molecule has 1 aliphatic rings. The zero-order chi connectivity index (χ0) is 11.9. The second-order valence-electron chi connectivity index (χ2n) is 4.59. The summed E-state index contributed by atoms with van der Waals surface area (Å²) in [7, 11) is 2.00. The van der Waals surface area contributed by atoms with Crippen LogP contribution < -0.4 is 5.32 Å². The number of likely N-dealkylation sites (N-methyl/N-ethyl adjacent to an activating group) is 1. The predicted molar refractivity (Wildman–Crippen MR) is 74.4 cm³/mol. The standard InChI is InChI=1S/C12H14BrN3S/c1-14-7-12(2-3-12)11-15-5-9(16-11)10-4-8(13)6-17-10/h4-6,14H,2-3,7H2,1H3,(H,15,16). The summed E-state index contributed by atoms with van der Waals surface area (Å²) >= 11 is 5.21. The van der Waals surface area contributed by atoms with Gasteiger partial charge in [0.2, 0.25) is 0 Å². The number of aromatic amines is 1. The lowest BCUT2D eigenvalue weighted by Crippen LogP contribution is -2.24. The van der Waals surface area contributed by atoms with Crippen molar-refractivity contribution in [2.24, 2.45) is 0 Å². The number of hydrogen-bond donors (Lipinski definition) is 2. The maximum atomic E-state index is 4.55. The molecule has 3 rings (SSSR count). The van der Waals surface area contributed by atoms with Crippen molar-refractivity contribution in [1.82, 2.24) is 15.3 Å². The molecule has 17 heavy (non-hydrogen) atoms. The van der Waals surface area contributed by atoms with Gasteiger partial charge in [-0.05, 0) is 41.9 Å². The van der Waals surface area contributed by atoms with E-state index in [1.54, 1.807) is 11.3 Å². The Morgan fingerprint density at radius 3 is 3.00 bits per heavy atom. The van der Waals surface area contributed by atoms with Crippen LogP contribution in [0.3, 0.4) is 0 Å². The minimum Gasteiger partial charge on any atom is -0.341 e. The first-order chi connectivity index (χ1) is 8.23. The molecule has 3 nitrogen and oxygen atoms in total. The quantitative estimate of drug-likeness (QED) is 0.910. The average Bonchev–Trinajstić information content (AvgIpc) is 2.79. The Morgan fingerprint density at radius 2 is 2.41 bits per heavy atom. The van der Waals surface area contributed by atoms with Crippen LogP contribution in [0.2, 0.25) is 0 Å². The van der Waals surface area contributed by atoms with Gasteiger partial charge >= 0.3 is 0 Å². The lowest BCUT2D eigenvalue weighted by atomic mass is 10.1. The van der Waals surface area contributed by atoms with E-state index in [4.69, 9.17) is 0 Å². The van der Waals surface area contributed by atoms with Crippen LogP contribution in [0, 0.1) is 0 Å². The van der Waals surface area contributed by atoms with Gasteiger partial charge in [-0.1, -0.05) is 0 Å². The Labute approximate surface area is 113 Å². The highest BCUT2D eigenvalue weighted by Crippen LogP contribution is 2.46. The first-order valence-corrected chi connectivity index (χ1v) is 7.35. The van der Waals surface area contributed by atoms with Gasteiger partial charge in [0.1, 0.15) is 5.82 Å². The molecule has 0 bridgehead atoms. The van der Waals surface area contributed by atoms with Gasteiger partial charge in [-0.3, -0.25) is 0 Å². The highest BCUT2D eigenvalue weighted by atomic mass is 79.9. The molecule has 0 aliphatic heterocycles. The van der Waals surface area contributed by atoms with E-state index in [1.807, 2.05) is 13.2 Å². The number of halogens is 1. The lowest BCUT2D eigenvalue weighted by Gasteiger charge is -2.10. The van der Waals surface area contributed by atoms with Crippen LogP contribution in [0.5, 0.6) is 0 Å². The van der Waals surface area contributed by atoms with Crippen LogP contribution in [0.25, 0.3) is 10.6 Å². The van der Waals surface area contributed by atoms with Crippen molar-refractivity contribution >= 4 is 27.3 Å². The van der Waals surface area contributed by atoms with Gasteiger partial charge in [-0.2, -0.15) is 0 Å². The molecule has 0 amide bonds. The minimum atomic E-state index is 0.265. The van der Waals surface area contributed by atoms with E-state index in [0.29, 0.717) is 0 Å². The third-order valence-electron chi connectivity index (χ3n) is 3.28. The zero-order valence-electron chi connectivity index (χ0n) is 9.59. The number of nitrogens with one attached hydrogen (secondary N) is 2. The van der Waals surface area contributed by atoms with Crippen molar-refractivity contribution in [3.05, 3.63) is 27.9 Å². The highest BCUT2D eigenvalue weighted by molar-refractivity contribution is 9.10. The van der Waals surface area contributed by atoms with Gasteiger partial charge in [0.05, 0.1) is 16.8 Å². The van der Waals surface area contributed by atoms with E-state index in [9.17, 15) is 0 Å². The molecule has 0 aromatic carbocycles. The van der Waals surface area contributed by atoms with Gasteiger partial charge in [0.25, 0.3) is 0 Å². The fourth-order valence-corrected chi connectivity index (χ4v) is 3.55. The van der Waals surface area contributed by atoms with Crippen molar-refractivity contribution in [1.29, 1.82) is 0 Å². The van der Waals surface area contributed by atoms with Crippen LogP contribution >= 0.6 is 27.3 Å². The first kappa shape index (κ1) is 11.4. The molecule has 1 saturated carbocycles. The Kier molecular flexibility index (Phi) is 2.84. The molecule has 2 heterocycles. The van der Waals surface area contributed by atoms with Crippen molar-refractivity contribution in [3.8, 4) is 10.6 Å². The van der Waals surface area contributed by atoms with Gasteiger partial charge < -0.3 is 10.3 Å². The molecule has 0 unspecified atom stereocenters. The second kappa shape index (κ2) is 4.23. The van der Waals surface area contributed by atoms with Crippen LogP contribution in [0.15, 0.2) is 22.1 Å². The van der Waals surface area contributed by atoms with Crippen LogP contribution in [-0.4, -0.2) is 23.6 Å². The number of imidazole rings is 1. The molecule has 2 N–H and O–H groups in total. The Hall–Kier alpha value is -0.650. The number of rotatable bonds is 4. The molecule has 2 aromatic rings. The average molecular weight is 312 g/mol. The first-order valence-electron chi connectivity index (χ1n) is 5.68. The number of nitrogens with zero attached hydrogens (tertiary/aromatic N) is 1. The summed E-state index contributed by atoms with van der Waals surface area (Å²) in [5.74, 6) is 1.13. The molecular formula is C12H14BrN3S. The molecule has 90 valence electrons. The maximum absolute atomic E-state index is 4.55. The van der Waals surface area contributed by atoms with Gasteiger partial charge in [0.15, 0.2) is 0 Å². The van der Waals surface area contributed by atoms with E-state index in [1.165, 1.54) is 17.7 Å².